The molecule has 0 radical (unpaired) electrons. The van der Waals surface area contributed by atoms with Gasteiger partial charge in [-0.2, -0.15) is 0 Å². The van der Waals surface area contributed by atoms with Gasteiger partial charge in [-0.25, -0.2) is 0 Å². The Labute approximate surface area is 126 Å². The summed E-state index contributed by atoms with van der Waals surface area (Å²) in [6.45, 7) is 2.26. The fraction of sp³-hybridized carbons (Fsp3) is 0.889. The van der Waals surface area contributed by atoms with E-state index in [1.807, 2.05) is 0 Å². The van der Waals surface area contributed by atoms with Gasteiger partial charge in [0.25, 0.3) is 0 Å². The summed E-state index contributed by atoms with van der Waals surface area (Å²) in [6.07, 6.45) is 19.1. The number of aliphatic hydroxyl groups excluding tert-OH is 2. The first kappa shape index (κ1) is 19.3. The Morgan fingerprint density at radius 2 is 1.10 bits per heavy atom. The van der Waals surface area contributed by atoms with Crippen LogP contribution < -0.4 is 0 Å². The molecule has 0 aliphatic heterocycles. The monoisotopic (exact) mass is 282 g/mol. The van der Waals surface area contributed by atoms with Crippen LogP contribution in [0.5, 0.6) is 0 Å². The van der Waals surface area contributed by atoms with E-state index in [9.17, 15) is 5.11 Å². The number of unbranched alkanes of at least 4 members (excludes halogenated alkanes) is 12. The van der Waals surface area contributed by atoms with Crippen molar-refractivity contribution in [2.45, 2.75) is 103 Å². The highest BCUT2D eigenvalue weighted by molar-refractivity contribution is 4.97. The van der Waals surface area contributed by atoms with Gasteiger partial charge in [0.15, 0.2) is 0 Å². The van der Waals surface area contributed by atoms with Crippen LogP contribution in [0.25, 0.3) is 0 Å². The minimum Gasteiger partial charge on any atom is -0.462 e. The highest BCUT2D eigenvalue weighted by Gasteiger charge is 1.99. The summed E-state index contributed by atoms with van der Waals surface area (Å²) in [4.78, 5) is 0. The smallest absolute Gasteiger partial charge is 0.118 e. The zero-order valence-electron chi connectivity index (χ0n) is 13.4. The molecule has 2 N–H and O–H groups in total. The summed E-state index contributed by atoms with van der Waals surface area (Å²) in [5.74, 6) is 2.35. The number of hydrogen-bond donors (Lipinski definition) is 2. The molecular formula is C18H34O2. The molecule has 0 heterocycles. The van der Waals surface area contributed by atoms with Crippen LogP contribution >= 0.6 is 0 Å². The van der Waals surface area contributed by atoms with Crippen LogP contribution in [-0.4, -0.2) is 16.3 Å². The van der Waals surface area contributed by atoms with Gasteiger partial charge < -0.3 is 10.2 Å². The second-order valence-corrected chi connectivity index (χ2v) is 5.80. The summed E-state index contributed by atoms with van der Waals surface area (Å²) in [5.41, 5.74) is 0. The van der Waals surface area contributed by atoms with Crippen LogP contribution in [0.4, 0.5) is 0 Å². The molecule has 0 aromatic rings. The summed E-state index contributed by atoms with van der Waals surface area (Å²) < 4.78 is 0. The van der Waals surface area contributed by atoms with Crippen molar-refractivity contribution in [2.24, 2.45) is 0 Å². The fourth-order valence-electron chi connectivity index (χ4n) is 2.50. The number of rotatable bonds is 14. The van der Waals surface area contributed by atoms with Crippen molar-refractivity contribution in [3.8, 4) is 12.0 Å². The van der Waals surface area contributed by atoms with E-state index in [1.165, 1.54) is 77.0 Å². The zero-order valence-corrected chi connectivity index (χ0v) is 13.4. The maximum absolute atomic E-state index is 9.29. The van der Waals surface area contributed by atoms with E-state index in [0.29, 0.717) is 6.42 Å². The van der Waals surface area contributed by atoms with Gasteiger partial charge >= 0.3 is 0 Å². The maximum atomic E-state index is 9.29. The molecule has 0 aliphatic rings. The standard InChI is InChI=1S/C18H34O2/c1-2-3-4-5-6-7-8-9-10-11-12-13-14-15-18(20)16-17-19/h18-20H,2-15H2,1H3. The lowest BCUT2D eigenvalue weighted by atomic mass is 10.0. The second-order valence-electron chi connectivity index (χ2n) is 5.80. The predicted molar refractivity (Wildman–Crippen MR) is 86.0 cm³/mol. The first-order chi connectivity index (χ1) is 9.81. The van der Waals surface area contributed by atoms with Crippen molar-refractivity contribution in [2.75, 3.05) is 0 Å². The summed E-state index contributed by atoms with van der Waals surface area (Å²) in [6, 6.07) is 0. The molecule has 1 atom stereocenters. The van der Waals surface area contributed by atoms with Gasteiger partial charge in [-0.05, 0) is 18.8 Å². The average Bonchev–Trinajstić information content (AvgIpc) is 2.44. The normalized spacial score (nSPS) is 11.9. The Kier molecular flexibility index (Phi) is 15.8. The molecule has 0 saturated heterocycles. The van der Waals surface area contributed by atoms with Crippen LogP contribution in [0.1, 0.15) is 96.8 Å². The first-order valence-corrected chi connectivity index (χ1v) is 8.64. The third-order valence-electron chi connectivity index (χ3n) is 3.81. The van der Waals surface area contributed by atoms with E-state index in [1.54, 1.807) is 6.11 Å². The predicted octanol–water partition coefficient (Wildman–Crippen LogP) is 5.16. The lowest BCUT2D eigenvalue weighted by Gasteiger charge is -2.04. The summed E-state index contributed by atoms with van der Waals surface area (Å²) in [7, 11) is 0. The number of hydrogen-bond acceptors (Lipinski definition) is 2. The quantitative estimate of drug-likeness (QED) is 0.341. The van der Waals surface area contributed by atoms with Gasteiger partial charge in [0, 0.05) is 0 Å². The minimum atomic E-state index is -0.646. The first-order valence-electron chi connectivity index (χ1n) is 8.64. The van der Waals surface area contributed by atoms with E-state index in [4.69, 9.17) is 5.11 Å². The van der Waals surface area contributed by atoms with Gasteiger partial charge in [0.2, 0.25) is 0 Å². The summed E-state index contributed by atoms with van der Waals surface area (Å²) >= 11 is 0. The Hall–Kier alpha value is -0.680. The zero-order chi connectivity index (χ0) is 14.9. The molecule has 1 unspecified atom stereocenters. The van der Waals surface area contributed by atoms with Crippen LogP contribution in [0.15, 0.2) is 0 Å². The largest absolute Gasteiger partial charge is 0.462 e. The highest BCUT2D eigenvalue weighted by atomic mass is 16.3. The van der Waals surface area contributed by atoms with Gasteiger partial charge in [-0.1, -0.05) is 84.0 Å². The molecule has 0 saturated carbocycles. The van der Waals surface area contributed by atoms with Crippen molar-refractivity contribution in [1.82, 2.24) is 0 Å². The topological polar surface area (TPSA) is 40.5 Å². The molecule has 0 aromatic heterocycles. The van der Waals surface area contributed by atoms with Crippen molar-refractivity contribution in [3.63, 3.8) is 0 Å². The van der Waals surface area contributed by atoms with Gasteiger partial charge in [-0.15, -0.1) is 0 Å². The van der Waals surface area contributed by atoms with Gasteiger partial charge in [-0.3, -0.25) is 0 Å². The van der Waals surface area contributed by atoms with E-state index < -0.39 is 6.10 Å². The second kappa shape index (κ2) is 16.4. The Balaban J connectivity index is 3.04. The molecule has 0 fully saturated rings. The van der Waals surface area contributed by atoms with Crippen LogP contribution in [0, 0.1) is 12.0 Å². The SMILES string of the molecule is CCCCCCCCCCCCCCCC(O)C#CO. The van der Waals surface area contributed by atoms with Crippen LogP contribution in [0.3, 0.4) is 0 Å². The van der Waals surface area contributed by atoms with E-state index in [0.717, 1.165) is 6.42 Å². The molecule has 20 heavy (non-hydrogen) atoms. The molecule has 2 heteroatoms. The molecule has 0 rings (SSSR count). The molecule has 118 valence electrons. The van der Waals surface area contributed by atoms with E-state index >= 15 is 0 Å². The molecule has 0 bridgehead atoms. The minimum absolute atomic E-state index is 0.646. The van der Waals surface area contributed by atoms with Crippen LogP contribution in [0.2, 0.25) is 0 Å². The molecular weight excluding hydrogens is 248 g/mol. The van der Waals surface area contributed by atoms with Crippen LogP contribution in [-0.2, 0) is 0 Å². The average molecular weight is 282 g/mol. The third kappa shape index (κ3) is 15.4. The molecule has 0 aromatic carbocycles. The third-order valence-corrected chi connectivity index (χ3v) is 3.81. The fourth-order valence-corrected chi connectivity index (χ4v) is 2.50. The van der Waals surface area contributed by atoms with E-state index in [2.05, 4.69) is 12.8 Å². The lowest BCUT2D eigenvalue weighted by molar-refractivity contribution is 0.216. The molecule has 0 amide bonds. The number of aliphatic hydroxyl groups is 2. The lowest BCUT2D eigenvalue weighted by Crippen LogP contribution is -2.01. The molecule has 0 spiro atoms. The van der Waals surface area contributed by atoms with E-state index in [-0.39, 0.29) is 0 Å². The Bertz CT molecular complexity index is 240. The van der Waals surface area contributed by atoms with Gasteiger partial charge in [0.1, 0.15) is 12.2 Å². The van der Waals surface area contributed by atoms with Crippen molar-refractivity contribution in [3.05, 3.63) is 0 Å². The molecule has 0 aliphatic carbocycles. The van der Waals surface area contributed by atoms with Crippen molar-refractivity contribution in [1.29, 1.82) is 0 Å². The van der Waals surface area contributed by atoms with Crippen molar-refractivity contribution < 1.29 is 10.2 Å². The molecule has 2 nitrogen and oxygen atoms in total. The highest BCUT2D eigenvalue weighted by Crippen LogP contribution is 2.13. The van der Waals surface area contributed by atoms with Gasteiger partial charge in [0.05, 0.1) is 0 Å². The maximum Gasteiger partial charge on any atom is 0.118 e. The Morgan fingerprint density at radius 3 is 1.50 bits per heavy atom. The Morgan fingerprint density at radius 1 is 0.700 bits per heavy atom. The summed E-state index contributed by atoms with van der Waals surface area (Å²) in [5, 5.41) is 17.6. The van der Waals surface area contributed by atoms with Crippen molar-refractivity contribution >= 4 is 0 Å².